The van der Waals surface area contributed by atoms with Gasteiger partial charge in [0, 0.05) is 18.4 Å². The summed E-state index contributed by atoms with van der Waals surface area (Å²) in [6.07, 6.45) is 1.37. The molecule has 2 nitrogen and oxygen atoms in total. The highest BCUT2D eigenvalue weighted by Gasteiger charge is 2.35. The SMILES string of the molecule is CC1(Cc2ccccc2)CC(c2ccccc2F)=NO1. The first-order chi connectivity index (χ1) is 9.66. The minimum Gasteiger partial charge on any atom is -0.388 e. The molecule has 3 heteroatoms. The second-order valence-corrected chi connectivity index (χ2v) is 5.40. The second-order valence-electron chi connectivity index (χ2n) is 5.40. The van der Waals surface area contributed by atoms with Gasteiger partial charge in [-0.25, -0.2) is 4.39 Å². The molecule has 1 heterocycles. The fraction of sp³-hybridized carbons (Fsp3) is 0.235. The van der Waals surface area contributed by atoms with Gasteiger partial charge in [-0.05, 0) is 18.6 Å². The van der Waals surface area contributed by atoms with Crippen LogP contribution < -0.4 is 0 Å². The Balaban J connectivity index is 1.77. The summed E-state index contributed by atoms with van der Waals surface area (Å²) in [7, 11) is 0. The molecule has 0 amide bonds. The van der Waals surface area contributed by atoms with Crippen LogP contribution in [-0.4, -0.2) is 11.3 Å². The monoisotopic (exact) mass is 269 g/mol. The summed E-state index contributed by atoms with van der Waals surface area (Å²) < 4.78 is 13.8. The molecule has 0 spiro atoms. The van der Waals surface area contributed by atoms with E-state index in [-0.39, 0.29) is 5.82 Å². The number of hydrogen-bond acceptors (Lipinski definition) is 2. The van der Waals surface area contributed by atoms with E-state index in [1.54, 1.807) is 12.1 Å². The standard InChI is InChI=1S/C17H16FNO/c1-17(11-13-7-3-2-4-8-13)12-16(19-20-17)14-9-5-6-10-15(14)18/h2-10H,11-12H2,1H3. The molecule has 0 fully saturated rings. The average Bonchev–Trinajstić information content (AvgIpc) is 2.82. The van der Waals surface area contributed by atoms with Crippen LogP contribution in [0.4, 0.5) is 4.39 Å². The molecule has 0 aliphatic carbocycles. The van der Waals surface area contributed by atoms with Crippen LogP contribution in [0.5, 0.6) is 0 Å². The fourth-order valence-electron chi connectivity index (χ4n) is 2.55. The summed E-state index contributed by atoms with van der Waals surface area (Å²) in [5.74, 6) is -0.251. The summed E-state index contributed by atoms with van der Waals surface area (Å²) in [6, 6.07) is 16.8. The molecule has 0 N–H and O–H groups in total. The van der Waals surface area contributed by atoms with Gasteiger partial charge in [-0.1, -0.05) is 53.7 Å². The van der Waals surface area contributed by atoms with Gasteiger partial charge in [0.1, 0.15) is 11.4 Å². The number of halogens is 1. The summed E-state index contributed by atoms with van der Waals surface area (Å²) in [6.45, 7) is 2.01. The van der Waals surface area contributed by atoms with Crippen LogP contribution in [0.3, 0.4) is 0 Å². The first-order valence-corrected chi connectivity index (χ1v) is 6.70. The average molecular weight is 269 g/mol. The lowest BCUT2D eigenvalue weighted by Crippen LogP contribution is -2.27. The third-order valence-electron chi connectivity index (χ3n) is 3.52. The minimum absolute atomic E-state index is 0.251. The predicted octanol–water partition coefficient (Wildman–Crippen LogP) is 3.95. The molecule has 1 aliphatic heterocycles. The van der Waals surface area contributed by atoms with E-state index in [0.717, 1.165) is 6.42 Å². The summed E-state index contributed by atoms with van der Waals surface area (Å²) in [5.41, 5.74) is 2.00. The lowest BCUT2D eigenvalue weighted by molar-refractivity contribution is -0.00282. The van der Waals surface area contributed by atoms with Crippen LogP contribution in [0.25, 0.3) is 0 Å². The molecule has 1 atom stereocenters. The first-order valence-electron chi connectivity index (χ1n) is 6.70. The highest BCUT2D eigenvalue weighted by atomic mass is 19.1. The molecule has 0 bridgehead atoms. The van der Waals surface area contributed by atoms with Gasteiger partial charge < -0.3 is 4.84 Å². The third kappa shape index (κ3) is 2.57. The summed E-state index contributed by atoms with van der Waals surface area (Å²) in [5, 5.41) is 4.09. The lowest BCUT2D eigenvalue weighted by Gasteiger charge is -2.21. The van der Waals surface area contributed by atoms with Gasteiger partial charge in [-0.2, -0.15) is 0 Å². The maximum Gasteiger partial charge on any atom is 0.144 e. The lowest BCUT2D eigenvalue weighted by atomic mass is 9.90. The van der Waals surface area contributed by atoms with E-state index in [2.05, 4.69) is 17.3 Å². The van der Waals surface area contributed by atoms with Gasteiger partial charge in [0.15, 0.2) is 0 Å². The number of nitrogens with zero attached hydrogens (tertiary/aromatic N) is 1. The van der Waals surface area contributed by atoms with Crippen molar-refractivity contribution in [3.8, 4) is 0 Å². The number of hydrogen-bond donors (Lipinski definition) is 0. The Morgan fingerprint density at radius 3 is 2.55 bits per heavy atom. The number of rotatable bonds is 3. The van der Waals surface area contributed by atoms with Crippen LogP contribution in [0, 0.1) is 5.82 Å². The van der Waals surface area contributed by atoms with Crippen LogP contribution in [0.1, 0.15) is 24.5 Å². The van der Waals surface area contributed by atoms with Crippen molar-refractivity contribution in [3.05, 3.63) is 71.5 Å². The van der Waals surface area contributed by atoms with E-state index in [9.17, 15) is 4.39 Å². The third-order valence-corrected chi connectivity index (χ3v) is 3.52. The Labute approximate surface area is 117 Å². The molecular weight excluding hydrogens is 253 g/mol. The van der Waals surface area contributed by atoms with E-state index in [0.29, 0.717) is 17.7 Å². The van der Waals surface area contributed by atoms with Crippen molar-refractivity contribution in [2.45, 2.75) is 25.4 Å². The molecule has 0 saturated heterocycles. The Morgan fingerprint density at radius 1 is 1.10 bits per heavy atom. The zero-order chi connectivity index (χ0) is 14.0. The van der Waals surface area contributed by atoms with Crippen molar-refractivity contribution >= 4 is 5.71 Å². The maximum atomic E-state index is 13.8. The molecule has 1 aliphatic rings. The minimum atomic E-state index is -0.404. The molecular formula is C17H16FNO. The zero-order valence-electron chi connectivity index (χ0n) is 11.3. The smallest absolute Gasteiger partial charge is 0.144 e. The van der Waals surface area contributed by atoms with Gasteiger partial charge in [0.05, 0.1) is 5.71 Å². The zero-order valence-corrected chi connectivity index (χ0v) is 11.3. The topological polar surface area (TPSA) is 21.6 Å². The van der Waals surface area contributed by atoms with Gasteiger partial charge in [-0.3, -0.25) is 0 Å². The second kappa shape index (κ2) is 5.08. The molecule has 102 valence electrons. The van der Waals surface area contributed by atoms with Crippen LogP contribution in [0.15, 0.2) is 59.8 Å². The van der Waals surface area contributed by atoms with Gasteiger partial charge in [-0.15, -0.1) is 0 Å². The van der Waals surface area contributed by atoms with E-state index >= 15 is 0 Å². The molecule has 20 heavy (non-hydrogen) atoms. The molecule has 1 unspecified atom stereocenters. The van der Waals surface area contributed by atoms with Gasteiger partial charge >= 0.3 is 0 Å². The summed E-state index contributed by atoms with van der Waals surface area (Å²) >= 11 is 0. The molecule has 3 rings (SSSR count). The maximum absolute atomic E-state index is 13.8. The van der Waals surface area contributed by atoms with Gasteiger partial charge in [0.2, 0.25) is 0 Å². The molecule has 2 aromatic carbocycles. The number of oxime groups is 1. The Bertz CT molecular complexity index is 638. The molecule has 2 aromatic rings. The largest absolute Gasteiger partial charge is 0.388 e. The molecule has 0 radical (unpaired) electrons. The van der Waals surface area contributed by atoms with Crippen LogP contribution in [0.2, 0.25) is 0 Å². The highest BCUT2D eigenvalue weighted by molar-refractivity contribution is 6.01. The van der Waals surface area contributed by atoms with Crippen molar-refractivity contribution in [2.24, 2.45) is 5.16 Å². The van der Waals surface area contributed by atoms with Crippen molar-refractivity contribution in [1.82, 2.24) is 0 Å². The van der Waals surface area contributed by atoms with E-state index < -0.39 is 5.60 Å². The van der Waals surface area contributed by atoms with E-state index in [4.69, 9.17) is 4.84 Å². The Morgan fingerprint density at radius 2 is 1.80 bits per heavy atom. The highest BCUT2D eigenvalue weighted by Crippen LogP contribution is 2.30. The quantitative estimate of drug-likeness (QED) is 0.826. The van der Waals surface area contributed by atoms with Crippen LogP contribution >= 0.6 is 0 Å². The number of benzene rings is 2. The van der Waals surface area contributed by atoms with Crippen molar-refractivity contribution in [2.75, 3.05) is 0 Å². The summed E-state index contributed by atoms with van der Waals surface area (Å²) in [4.78, 5) is 5.59. The van der Waals surface area contributed by atoms with E-state index in [1.807, 2.05) is 31.2 Å². The molecule has 0 aromatic heterocycles. The van der Waals surface area contributed by atoms with E-state index in [1.165, 1.54) is 11.6 Å². The van der Waals surface area contributed by atoms with Crippen molar-refractivity contribution in [1.29, 1.82) is 0 Å². The first kappa shape index (κ1) is 12.9. The fourth-order valence-corrected chi connectivity index (χ4v) is 2.55. The normalized spacial score (nSPS) is 21.4. The van der Waals surface area contributed by atoms with Crippen LogP contribution in [-0.2, 0) is 11.3 Å². The Hall–Kier alpha value is -2.16. The van der Waals surface area contributed by atoms with Gasteiger partial charge in [0.25, 0.3) is 0 Å². The molecule has 0 saturated carbocycles. The van der Waals surface area contributed by atoms with Crippen molar-refractivity contribution in [3.63, 3.8) is 0 Å². The van der Waals surface area contributed by atoms with Crippen molar-refractivity contribution < 1.29 is 9.23 Å². The Kier molecular flexibility index (Phi) is 3.26. The predicted molar refractivity (Wildman–Crippen MR) is 77.2 cm³/mol.